The molecule has 1 aliphatic rings. The fourth-order valence-electron chi connectivity index (χ4n) is 3.67. The van der Waals surface area contributed by atoms with E-state index in [1.807, 2.05) is 42.7 Å². The third-order valence-corrected chi connectivity index (χ3v) is 6.03. The van der Waals surface area contributed by atoms with E-state index in [4.69, 9.17) is 4.42 Å². The number of allylic oxidation sites excluding steroid dienone is 1. The lowest BCUT2D eigenvalue weighted by atomic mass is 10.2. The van der Waals surface area contributed by atoms with Crippen LogP contribution in [0.5, 0.6) is 0 Å². The molecule has 1 aromatic carbocycles. The van der Waals surface area contributed by atoms with E-state index in [0.29, 0.717) is 28.9 Å². The molecule has 31 heavy (non-hydrogen) atoms. The highest BCUT2D eigenvalue weighted by Crippen LogP contribution is 2.33. The summed E-state index contributed by atoms with van der Waals surface area (Å²) in [6.07, 6.45) is 3.61. The van der Waals surface area contributed by atoms with E-state index < -0.39 is 0 Å². The van der Waals surface area contributed by atoms with Gasteiger partial charge in [-0.25, -0.2) is 0 Å². The number of carbonyl (C=O) groups excluding carboxylic acids is 2. The Kier molecular flexibility index (Phi) is 5.94. The van der Waals surface area contributed by atoms with E-state index in [1.54, 1.807) is 23.3 Å². The van der Waals surface area contributed by atoms with Crippen LogP contribution in [0, 0.1) is 6.92 Å². The van der Waals surface area contributed by atoms with E-state index in [2.05, 4.69) is 22.1 Å². The van der Waals surface area contributed by atoms with Crippen LogP contribution in [0.4, 0.5) is 11.4 Å². The number of para-hydroxylation sites is 2. The van der Waals surface area contributed by atoms with Gasteiger partial charge in [-0.05, 0) is 32.0 Å². The molecule has 0 aliphatic carbocycles. The van der Waals surface area contributed by atoms with Gasteiger partial charge in [0.05, 0.1) is 29.0 Å². The lowest BCUT2D eigenvalue weighted by Crippen LogP contribution is -2.40. The van der Waals surface area contributed by atoms with Gasteiger partial charge in [-0.2, -0.15) is 0 Å². The van der Waals surface area contributed by atoms with Gasteiger partial charge in [-0.15, -0.1) is 16.8 Å². The molecule has 3 heterocycles. The van der Waals surface area contributed by atoms with Crippen molar-refractivity contribution in [2.24, 2.45) is 0 Å². The predicted octanol–water partition coefficient (Wildman–Crippen LogP) is 3.89. The lowest BCUT2D eigenvalue weighted by Gasteiger charge is -2.27. The average molecular weight is 438 g/mol. The number of thioether (sulfide) groups is 1. The number of fused-ring (bicyclic) bond motifs is 1. The summed E-state index contributed by atoms with van der Waals surface area (Å²) in [6, 6.07) is 8.93. The van der Waals surface area contributed by atoms with E-state index in [9.17, 15) is 9.59 Å². The first-order chi connectivity index (χ1) is 15.0. The molecule has 9 heteroatoms. The van der Waals surface area contributed by atoms with Crippen molar-refractivity contribution in [1.82, 2.24) is 14.8 Å². The summed E-state index contributed by atoms with van der Waals surface area (Å²) in [5, 5.41) is 12.1. The fraction of sp³-hybridized carbons (Fsp3) is 0.273. The third-order valence-electron chi connectivity index (χ3n) is 5.08. The Hall–Kier alpha value is -3.33. The van der Waals surface area contributed by atoms with E-state index in [0.717, 1.165) is 11.3 Å². The van der Waals surface area contributed by atoms with E-state index >= 15 is 0 Å². The molecule has 0 bridgehead atoms. The molecule has 1 atom stereocenters. The van der Waals surface area contributed by atoms with Gasteiger partial charge in [-0.3, -0.25) is 14.2 Å². The van der Waals surface area contributed by atoms with Crippen LogP contribution in [0.15, 0.2) is 58.8 Å². The smallest absolute Gasteiger partial charge is 0.237 e. The predicted molar refractivity (Wildman–Crippen MR) is 120 cm³/mol. The van der Waals surface area contributed by atoms with Gasteiger partial charge in [0.15, 0.2) is 11.0 Å². The molecule has 4 rings (SSSR count). The summed E-state index contributed by atoms with van der Waals surface area (Å²) >= 11 is 1.31. The third kappa shape index (κ3) is 4.13. The first-order valence-electron chi connectivity index (χ1n) is 9.92. The largest absolute Gasteiger partial charge is 0.469 e. The van der Waals surface area contributed by atoms with Gasteiger partial charge in [0.1, 0.15) is 5.76 Å². The number of benzene rings is 1. The molecule has 2 amide bonds. The number of hydrogen-bond donors (Lipinski definition) is 1. The van der Waals surface area contributed by atoms with Crippen LogP contribution in [0.1, 0.15) is 19.1 Å². The fourth-order valence-corrected chi connectivity index (χ4v) is 4.48. The summed E-state index contributed by atoms with van der Waals surface area (Å²) in [5.74, 6) is 1.37. The van der Waals surface area contributed by atoms with Crippen molar-refractivity contribution < 1.29 is 14.0 Å². The molecule has 160 valence electrons. The zero-order valence-electron chi connectivity index (χ0n) is 17.4. The van der Waals surface area contributed by atoms with Gasteiger partial charge in [0, 0.05) is 19.0 Å². The Labute approximate surface area is 184 Å². The van der Waals surface area contributed by atoms with Crippen molar-refractivity contribution in [2.45, 2.75) is 38.0 Å². The Bertz CT molecular complexity index is 1140. The summed E-state index contributed by atoms with van der Waals surface area (Å²) in [6.45, 7) is 8.07. The number of nitrogens with zero attached hydrogens (tertiary/aromatic N) is 4. The van der Waals surface area contributed by atoms with Crippen LogP contribution in [0.25, 0.3) is 11.4 Å². The molecule has 0 saturated carbocycles. The van der Waals surface area contributed by atoms with Gasteiger partial charge in [-0.1, -0.05) is 30.0 Å². The first-order valence-corrected chi connectivity index (χ1v) is 10.9. The molecular weight excluding hydrogens is 414 g/mol. The summed E-state index contributed by atoms with van der Waals surface area (Å²) < 4.78 is 7.31. The van der Waals surface area contributed by atoms with Crippen molar-refractivity contribution in [3.63, 3.8) is 0 Å². The van der Waals surface area contributed by atoms with Crippen molar-refractivity contribution in [1.29, 1.82) is 0 Å². The molecule has 0 unspecified atom stereocenters. The highest BCUT2D eigenvalue weighted by Gasteiger charge is 2.30. The molecule has 0 spiro atoms. The van der Waals surface area contributed by atoms with E-state index in [-0.39, 0.29) is 30.0 Å². The molecular formula is C22H23N5O3S. The normalized spacial score (nSPS) is 15.9. The van der Waals surface area contributed by atoms with Gasteiger partial charge < -0.3 is 14.6 Å². The zero-order chi connectivity index (χ0) is 22.0. The Balaban J connectivity index is 1.58. The second kappa shape index (κ2) is 8.81. The zero-order valence-corrected chi connectivity index (χ0v) is 18.2. The summed E-state index contributed by atoms with van der Waals surface area (Å²) in [4.78, 5) is 27.1. The van der Waals surface area contributed by atoms with Crippen molar-refractivity contribution >= 4 is 35.0 Å². The van der Waals surface area contributed by atoms with Crippen molar-refractivity contribution in [2.75, 3.05) is 16.0 Å². The topological polar surface area (TPSA) is 93.3 Å². The number of rotatable bonds is 6. The number of amides is 2. The number of nitrogens with one attached hydrogen (secondary N) is 1. The SMILES string of the molecule is C=CCn1c(SCC(=O)N2c3ccccc3NC(=O)C[C@H]2C)nnc1-c1ccoc1C. The minimum atomic E-state index is -0.257. The lowest BCUT2D eigenvalue weighted by molar-refractivity contribution is -0.117. The van der Waals surface area contributed by atoms with Crippen molar-refractivity contribution in [3.05, 3.63) is 55.0 Å². The standard InChI is InChI=1S/C22H23N5O3S/c1-4-10-26-21(16-9-11-30-15(16)3)24-25-22(26)31-13-20(29)27-14(2)12-19(28)23-17-7-5-6-8-18(17)27/h4-9,11,14H,1,10,12-13H2,2-3H3,(H,23,28)/t14-/m1/s1. The van der Waals surface area contributed by atoms with Crippen LogP contribution in [-0.2, 0) is 16.1 Å². The van der Waals surface area contributed by atoms with Crippen LogP contribution in [0.2, 0.25) is 0 Å². The van der Waals surface area contributed by atoms with Gasteiger partial charge >= 0.3 is 0 Å². The number of carbonyl (C=O) groups is 2. The number of aryl methyl sites for hydroxylation is 1. The van der Waals surface area contributed by atoms with Crippen LogP contribution < -0.4 is 10.2 Å². The van der Waals surface area contributed by atoms with Gasteiger partial charge in [0.25, 0.3) is 0 Å². The maximum Gasteiger partial charge on any atom is 0.237 e. The minimum absolute atomic E-state index is 0.101. The van der Waals surface area contributed by atoms with Crippen LogP contribution in [0.3, 0.4) is 0 Å². The van der Waals surface area contributed by atoms with E-state index in [1.165, 1.54) is 11.8 Å². The second-order valence-electron chi connectivity index (χ2n) is 7.27. The molecule has 3 aromatic rings. The Morgan fingerprint density at radius 2 is 2.16 bits per heavy atom. The first kappa shape index (κ1) is 20.9. The number of hydrogen-bond acceptors (Lipinski definition) is 6. The molecule has 1 N–H and O–H groups in total. The highest BCUT2D eigenvalue weighted by molar-refractivity contribution is 7.99. The summed E-state index contributed by atoms with van der Waals surface area (Å²) in [7, 11) is 0. The maximum atomic E-state index is 13.2. The molecule has 0 radical (unpaired) electrons. The molecule has 0 saturated heterocycles. The second-order valence-corrected chi connectivity index (χ2v) is 8.21. The number of anilines is 2. The molecule has 2 aromatic heterocycles. The molecule has 8 nitrogen and oxygen atoms in total. The summed E-state index contributed by atoms with van der Waals surface area (Å²) in [5.41, 5.74) is 2.20. The molecule has 0 fully saturated rings. The average Bonchev–Trinajstić information content (AvgIpc) is 3.30. The number of aromatic nitrogens is 3. The van der Waals surface area contributed by atoms with Crippen LogP contribution >= 0.6 is 11.8 Å². The quantitative estimate of drug-likeness (QED) is 0.465. The Morgan fingerprint density at radius 1 is 1.35 bits per heavy atom. The van der Waals surface area contributed by atoms with Gasteiger partial charge in [0.2, 0.25) is 11.8 Å². The monoisotopic (exact) mass is 437 g/mol. The highest BCUT2D eigenvalue weighted by atomic mass is 32.2. The number of furan rings is 1. The Morgan fingerprint density at radius 3 is 2.90 bits per heavy atom. The maximum absolute atomic E-state index is 13.2. The minimum Gasteiger partial charge on any atom is -0.469 e. The van der Waals surface area contributed by atoms with Crippen LogP contribution in [-0.4, -0.2) is 38.4 Å². The molecule has 1 aliphatic heterocycles. The van der Waals surface area contributed by atoms with Crippen molar-refractivity contribution in [3.8, 4) is 11.4 Å².